The third-order valence-corrected chi connectivity index (χ3v) is 8.84. The van der Waals surface area contributed by atoms with E-state index in [-0.39, 0.29) is 17.1 Å². The third-order valence-electron chi connectivity index (χ3n) is 8.84. The van der Waals surface area contributed by atoms with E-state index in [0.717, 1.165) is 38.5 Å². The van der Waals surface area contributed by atoms with Gasteiger partial charge in [-0.3, -0.25) is 14.4 Å². The zero-order valence-electron chi connectivity index (χ0n) is 15.3. The van der Waals surface area contributed by atoms with Crippen LogP contribution in [0.5, 0.6) is 0 Å². The van der Waals surface area contributed by atoms with Crippen molar-refractivity contribution in [3.05, 3.63) is 0 Å². The molecule has 0 aromatic heterocycles. The predicted octanol–water partition coefficient (Wildman–Crippen LogP) is 3.98. The summed E-state index contributed by atoms with van der Waals surface area (Å²) in [5.74, 6) is 2.76. The molecule has 4 aliphatic carbocycles. The van der Waals surface area contributed by atoms with Gasteiger partial charge in [-0.05, 0) is 68.1 Å². The van der Waals surface area contributed by atoms with Gasteiger partial charge in [0, 0.05) is 30.6 Å². The van der Waals surface area contributed by atoms with Gasteiger partial charge in [0.05, 0.1) is 0 Å². The minimum Gasteiger partial charge on any atom is -0.300 e. The van der Waals surface area contributed by atoms with Crippen molar-refractivity contribution < 1.29 is 14.4 Å². The number of fused-ring (bicyclic) bond motifs is 5. The highest BCUT2D eigenvalue weighted by molar-refractivity contribution is 5.93. The Morgan fingerprint density at radius 3 is 2.46 bits per heavy atom. The number of carbonyl (C=O) groups excluding carboxylic acids is 3. The molecule has 0 bridgehead atoms. The molecular formula is C21H30O3. The van der Waals surface area contributed by atoms with Crippen molar-refractivity contribution >= 4 is 17.3 Å². The van der Waals surface area contributed by atoms with Crippen LogP contribution >= 0.6 is 0 Å². The monoisotopic (exact) mass is 330 g/mol. The molecule has 4 fully saturated rings. The molecule has 0 aromatic rings. The zero-order valence-corrected chi connectivity index (χ0v) is 15.3. The van der Waals surface area contributed by atoms with Crippen LogP contribution in [0.25, 0.3) is 0 Å². The Labute approximate surface area is 144 Å². The molecule has 7 atom stereocenters. The maximum atomic E-state index is 13.2. The largest absolute Gasteiger partial charge is 0.300 e. The molecule has 0 N–H and O–H groups in total. The maximum absolute atomic E-state index is 13.2. The molecule has 0 spiro atoms. The molecule has 4 aliphatic rings. The first-order valence-electron chi connectivity index (χ1n) is 9.84. The van der Waals surface area contributed by atoms with Gasteiger partial charge >= 0.3 is 0 Å². The standard InChI is InChI=1S/C21H30O3/c1-12(22)16-6-7-17-15-5-4-13-10-14(23)8-9-20(13,2)18(15)11-19(24)21(16,17)3/h13,15-18H,4-11H2,1-3H3/t13-,15+,16-,17+,18+,20-,21+/m0/s1. The van der Waals surface area contributed by atoms with E-state index in [4.69, 9.17) is 0 Å². The smallest absolute Gasteiger partial charge is 0.140 e. The van der Waals surface area contributed by atoms with Crippen LogP contribution in [-0.4, -0.2) is 17.3 Å². The van der Waals surface area contributed by atoms with Crippen LogP contribution in [0.4, 0.5) is 0 Å². The average Bonchev–Trinajstić information content (AvgIpc) is 2.88. The summed E-state index contributed by atoms with van der Waals surface area (Å²) in [6, 6.07) is 0. The van der Waals surface area contributed by atoms with Crippen molar-refractivity contribution in [1.29, 1.82) is 0 Å². The SMILES string of the molecule is CC(=O)[C@@H]1CC[C@@H]2[C@H]3CC[C@H]4CC(=O)CC[C@]4(C)[C@@H]3CC(=O)[C@@]21C. The molecule has 0 amide bonds. The summed E-state index contributed by atoms with van der Waals surface area (Å²) in [7, 11) is 0. The van der Waals surface area contributed by atoms with Gasteiger partial charge in [0.25, 0.3) is 0 Å². The molecule has 3 nitrogen and oxygen atoms in total. The van der Waals surface area contributed by atoms with E-state index in [1.165, 1.54) is 0 Å². The van der Waals surface area contributed by atoms with E-state index in [9.17, 15) is 14.4 Å². The number of Topliss-reactive ketones (excluding diaryl/α,β-unsaturated/α-hetero) is 3. The van der Waals surface area contributed by atoms with Gasteiger partial charge in [0.1, 0.15) is 17.3 Å². The predicted molar refractivity (Wildman–Crippen MR) is 91.3 cm³/mol. The van der Waals surface area contributed by atoms with Crippen LogP contribution in [0.2, 0.25) is 0 Å². The van der Waals surface area contributed by atoms with Crippen LogP contribution in [0, 0.1) is 40.4 Å². The van der Waals surface area contributed by atoms with Crippen molar-refractivity contribution in [2.24, 2.45) is 40.4 Å². The molecule has 24 heavy (non-hydrogen) atoms. The van der Waals surface area contributed by atoms with Gasteiger partial charge < -0.3 is 0 Å². The molecule has 3 heteroatoms. The molecule has 0 unspecified atom stereocenters. The topological polar surface area (TPSA) is 51.2 Å². The second-order valence-electron chi connectivity index (χ2n) is 9.55. The van der Waals surface area contributed by atoms with E-state index in [0.29, 0.717) is 48.1 Å². The average molecular weight is 330 g/mol. The minimum absolute atomic E-state index is 0.0607. The summed E-state index contributed by atoms with van der Waals surface area (Å²) >= 11 is 0. The molecule has 132 valence electrons. The highest BCUT2D eigenvalue weighted by Crippen LogP contribution is 2.66. The quantitative estimate of drug-likeness (QED) is 0.730. The number of hydrogen-bond donors (Lipinski definition) is 0. The van der Waals surface area contributed by atoms with Gasteiger partial charge in [-0.25, -0.2) is 0 Å². The first kappa shape index (κ1) is 16.5. The highest BCUT2D eigenvalue weighted by Gasteiger charge is 2.64. The van der Waals surface area contributed by atoms with E-state index in [1.54, 1.807) is 6.92 Å². The summed E-state index contributed by atoms with van der Waals surface area (Å²) in [6.45, 7) is 6.12. The lowest BCUT2D eigenvalue weighted by atomic mass is 9.44. The molecule has 4 rings (SSSR count). The van der Waals surface area contributed by atoms with Crippen molar-refractivity contribution in [1.82, 2.24) is 0 Å². The Balaban J connectivity index is 1.69. The second kappa shape index (κ2) is 5.25. The summed E-state index contributed by atoms with van der Waals surface area (Å²) < 4.78 is 0. The van der Waals surface area contributed by atoms with Gasteiger partial charge in [-0.15, -0.1) is 0 Å². The van der Waals surface area contributed by atoms with Gasteiger partial charge in [-0.2, -0.15) is 0 Å². The molecule has 0 aromatic carbocycles. The first-order valence-corrected chi connectivity index (χ1v) is 9.84. The van der Waals surface area contributed by atoms with Crippen molar-refractivity contribution in [2.45, 2.75) is 72.1 Å². The molecule has 0 aliphatic heterocycles. The number of carbonyl (C=O) groups is 3. The molecule has 0 radical (unpaired) electrons. The lowest BCUT2D eigenvalue weighted by Gasteiger charge is -2.59. The summed E-state index contributed by atoms with van der Waals surface area (Å²) in [5.41, 5.74) is -0.261. The first-order chi connectivity index (χ1) is 11.3. The van der Waals surface area contributed by atoms with Crippen LogP contribution in [0.15, 0.2) is 0 Å². The fourth-order valence-electron chi connectivity index (χ4n) is 7.40. The maximum Gasteiger partial charge on any atom is 0.140 e. The number of ketones is 3. The van der Waals surface area contributed by atoms with Crippen molar-refractivity contribution in [3.8, 4) is 0 Å². The van der Waals surface area contributed by atoms with E-state index in [2.05, 4.69) is 13.8 Å². The Bertz CT molecular complexity index is 608. The van der Waals surface area contributed by atoms with E-state index >= 15 is 0 Å². The van der Waals surface area contributed by atoms with Crippen LogP contribution < -0.4 is 0 Å². The molecule has 0 heterocycles. The van der Waals surface area contributed by atoms with Crippen LogP contribution in [0.3, 0.4) is 0 Å². The fraction of sp³-hybridized carbons (Fsp3) is 0.857. The molecule has 4 saturated carbocycles. The summed E-state index contributed by atoms with van der Waals surface area (Å²) in [6.07, 6.45) is 7.24. The third kappa shape index (κ3) is 1.99. The zero-order chi connectivity index (χ0) is 17.3. The normalized spacial score (nSPS) is 50.9. The fourth-order valence-corrected chi connectivity index (χ4v) is 7.40. The second-order valence-corrected chi connectivity index (χ2v) is 9.55. The summed E-state index contributed by atoms with van der Waals surface area (Å²) in [4.78, 5) is 37.3. The lowest BCUT2D eigenvalue weighted by Crippen LogP contribution is -2.57. The molecule has 0 saturated heterocycles. The molecular weight excluding hydrogens is 300 g/mol. The van der Waals surface area contributed by atoms with Crippen molar-refractivity contribution in [2.75, 3.05) is 0 Å². The highest BCUT2D eigenvalue weighted by atomic mass is 16.1. The van der Waals surface area contributed by atoms with Gasteiger partial charge in [0.2, 0.25) is 0 Å². The van der Waals surface area contributed by atoms with Gasteiger partial charge in [0.15, 0.2) is 0 Å². The Morgan fingerprint density at radius 2 is 1.75 bits per heavy atom. The van der Waals surface area contributed by atoms with Crippen LogP contribution in [-0.2, 0) is 14.4 Å². The Hall–Kier alpha value is -0.990. The Kier molecular flexibility index (Phi) is 3.61. The van der Waals surface area contributed by atoms with E-state index in [1.807, 2.05) is 0 Å². The van der Waals surface area contributed by atoms with Gasteiger partial charge in [-0.1, -0.05) is 13.8 Å². The van der Waals surface area contributed by atoms with Crippen molar-refractivity contribution in [3.63, 3.8) is 0 Å². The number of hydrogen-bond acceptors (Lipinski definition) is 3. The lowest BCUT2D eigenvalue weighted by molar-refractivity contribution is -0.160. The Morgan fingerprint density at radius 1 is 1.00 bits per heavy atom. The number of rotatable bonds is 1. The summed E-state index contributed by atoms with van der Waals surface area (Å²) in [5, 5.41) is 0. The van der Waals surface area contributed by atoms with Crippen LogP contribution in [0.1, 0.15) is 72.1 Å². The minimum atomic E-state index is -0.416. The van der Waals surface area contributed by atoms with E-state index < -0.39 is 5.41 Å².